The third kappa shape index (κ3) is 47.5. The fraction of sp³-hybridized carbons (Fsp3) is 0.691. The van der Waals surface area contributed by atoms with Gasteiger partial charge in [0, 0.05) is 19.3 Å². The average molecular weight is 849 g/mol. The van der Waals surface area contributed by atoms with Gasteiger partial charge in [-0.1, -0.05) is 215 Å². The van der Waals surface area contributed by atoms with E-state index in [2.05, 4.69) is 106 Å². The van der Waals surface area contributed by atoms with Crippen molar-refractivity contribution in [3.8, 4) is 0 Å². The van der Waals surface area contributed by atoms with E-state index in [1.165, 1.54) is 77.0 Å². The summed E-state index contributed by atoms with van der Waals surface area (Å²) in [5, 5.41) is 0. The largest absolute Gasteiger partial charge is 0.462 e. The number of hydrogen-bond donors (Lipinski definition) is 0. The molecule has 0 aromatic rings. The van der Waals surface area contributed by atoms with E-state index in [9.17, 15) is 14.4 Å². The molecule has 0 aromatic carbocycles. The van der Waals surface area contributed by atoms with Crippen molar-refractivity contribution in [1.82, 2.24) is 0 Å². The molecule has 0 aliphatic carbocycles. The van der Waals surface area contributed by atoms with Gasteiger partial charge in [-0.05, 0) is 77.0 Å². The predicted molar refractivity (Wildman–Crippen MR) is 261 cm³/mol. The number of rotatable bonds is 44. The van der Waals surface area contributed by atoms with Crippen LogP contribution in [-0.4, -0.2) is 37.2 Å². The minimum absolute atomic E-state index is 0.0774. The molecule has 61 heavy (non-hydrogen) atoms. The summed E-state index contributed by atoms with van der Waals surface area (Å²) < 4.78 is 16.5. The molecular formula is C55H92O6. The monoisotopic (exact) mass is 849 g/mol. The van der Waals surface area contributed by atoms with E-state index >= 15 is 0 Å². The van der Waals surface area contributed by atoms with Crippen LogP contribution in [0, 0.1) is 0 Å². The maximum atomic E-state index is 12.5. The van der Waals surface area contributed by atoms with Crippen LogP contribution in [0.1, 0.15) is 226 Å². The minimum Gasteiger partial charge on any atom is -0.462 e. The first-order valence-electron chi connectivity index (χ1n) is 25.1. The van der Waals surface area contributed by atoms with E-state index in [4.69, 9.17) is 14.2 Å². The molecule has 6 heteroatoms. The Labute approximate surface area is 375 Å². The predicted octanol–water partition coefficient (Wildman–Crippen LogP) is 16.4. The van der Waals surface area contributed by atoms with Crippen molar-refractivity contribution in [2.24, 2.45) is 0 Å². The summed E-state index contributed by atoms with van der Waals surface area (Å²) in [4.78, 5) is 37.4. The molecule has 0 radical (unpaired) electrons. The maximum absolute atomic E-state index is 12.5. The fourth-order valence-electron chi connectivity index (χ4n) is 6.66. The zero-order valence-corrected chi connectivity index (χ0v) is 39.7. The van der Waals surface area contributed by atoms with Crippen molar-refractivity contribution in [2.75, 3.05) is 13.2 Å². The smallest absolute Gasteiger partial charge is 0.306 e. The summed E-state index contributed by atoms with van der Waals surface area (Å²) in [6.45, 7) is 6.38. The summed E-state index contributed by atoms with van der Waals surface area (Å²) in [5.41, 5.74) is 0. The topological polar surface area (TPSA) is 78.9 Å². The van der Waals surface area contributed by atoms with Gasteiger partial charge in [-0.2, -0.15) is 0 Å². The molecule has 0 heterocycles. The molecule has 0 amide bonds. The number of carbonyl (C=O) groups excluding carboxylic acids is 3. The standard InChI is InChI=1S/C55H92O6/c1-4-7-10-13-16-17-18-19-20-21-22-23-24-25-26-27-28-29-30-31-32-33-34-35-36-37-38-39-40-43-45-48-54(57)60-51-52(61-55(58)49-46-42-15-12-9-6-3)50-59-53(56)47-44-41-14-11-8-5-2/h7,10,16-17,19-20,22-23,25-26,28-29,31-32,52H,4-6,8-9,11-15,18,21,24,27,30,33-51H2,1-3H3/b10-7-,17-16-,20-19-,23-22-,26-25-,29-28-,32-31-. The second-order valence-electron chi connectivity index (χ2n) is 16.4. The molecule has 0 saturated heterocycles. The zero-order valence-electron chi connectivity index (χ0n) is 39.7. The van der Waals surface area contributed by atoms with Gasteiger partial charge in [0.2, 0.25) is 0 Å². The van der Waals surface area contributed by atoms with E-state index in [1.807, 2.05) is 0 Å². The fourth-order valence-corrected chi connectivity index (χ4v) is 6.66. The highest BCUT2D eigenvalue weighted by atomic mass is 16.6. The van der Waals surface area contributed by atoms with E-state index in [-0.39, 0.29) is 31.1 Å². The van der Waals surface area contributed by atoms with Crippen LogP contribution < -0.4 is 0 Å². The van der Waals surface area contributed by atoms with Crippen LogP contribution in [-0.2, 0) is 28.6 Å². The first-order valence-corrected chi connectivity index (χ1v) is 25.1. The third-order valence-electron chi connectivity index (χ3n) is 10.4. The lowest BCUT2D eigenvalue weighted by atomic mass is 10.1. The quantitative estimate of drug-likeness (QED) is 0.0263. The average Bonchev–Trinajstić information content (AvgIpc) is 3.26. The molecule has 1 atom stereocenters. The van der Waals surface area contributed by atoms with Crippen LogP contribution in [0.2, 0.25) is 0 Å². The maximum Gasteiger partial charge on any atom is 0.306 e. The Morgan fingerprint density at radius 1 is 0.344 bits per heavy atom. The van der Waals surface area contributed by atoms with Crippen LogP contribution in [0.15, 0.2) is 85.1 Å². The van der Waals surface area contributed by atoms with Crippen LogP contribution in [0.5, 0.6) is 0 Å². The second-order valence-corrected chi connectivity index (χ2v) is 16.4. The molecule has 0 aromatic heterocycles. The van der Waals surface area contributed by atoms with Crippen molar-refractivity contribution in [2.45, 2.75) is 232 Å². The normalized spacial score (nSPS) is 12.8. The zero-order chi connectivity index (χ0) is 44.4. The highest BCUT2D eigenvalue weighted by molar-refractivity contribution is 5.71. The number of hydrogen-bond acceptors (Lipinski definition) is 6. The highest BCUT2D eigenvalue weighted by Gasteiger charge is 2.19. The molecule has 0 aliphatic heterocycles. The summed E-state index contributed by atoms with van der Waals surface area (Å²) in [6.07, 6.45) is 63.5. The molecule has 0 N–H and O–H groups in total. The molecule has 6 nitrogen and oxygen atoms in total. The third-order valence-corrected chi connectivity index (χ3v) is 10.4. The Hall–Kier alpha value is -3.41. The lowest BCUT2D eigenvalue weighted by Gasteiger charge is -2.18. The van der Waals surface area contributed by atoms with E-state index in [0.29, 0.717) is 19.3 Å². The van der Waals surface area contributed by atoms with Crippen molar-refractivity contribution < 1.29 is 28.6 Å². The van der Waals surface area contributed by atoms with Gasteiger partial charge in [-0.25, -0.2) is 0 Å². The van der Waals surface area contributed by atoms with Gasteiger partial charge in [-0.3, -0.25) is 14.4 Å². The summed E-state index contributed by atoms with van der Waals surface area (Å²) >= 11 is 0. The van der Waals surface area contributed by atoms with Gasteiger partial charge in [0.1, 0.15) is 13.2 Å². The number of unbranched alkanes of at least 4 members (excludes halogenated alkanes) is 19. The molecule has 0 aliphatic rings. The lowest BCUT2D eigenvalue weighted by Crippen LogP contribution is -2.30. The lowest BCUT2D eigenvalue weighted by molar-refractivity contribution is -0.167. The Kier molecular flexibility index (Phi) is 46.5. The molecule has 348 valence electrons. The van der Waals surface area contributed by atoms with Gasteiger partial charge in [0.15, 0.2) is 6.10 Å². The van der Waals surface area contributed by atoms with Crippen LogP contribution in [0.25, 0.3) is 0 Å². The molecular weight excluding hydrogens is 757 g/mol. The molecule has 0 bridgehead atoms. The van der Waals surface area contributed by atoms with E-state index < -0.39 is 6.10 Å². The molecule has 0 spiro atoms. The van der Waals surface area contributed by atoms with Gasteiger partial charge in [0.25, 0.3) is 0 Å². The molecule has 0 saturated carbocycles. The molecule has 0 rings (SSSR count). The van der Waals surface area contributed by atoms with Crippen LogP contribution in [0.4, 0.5) is 0 Å². The number of allylic oxidation sites excluding steroid dienone is 14. The first-order chi connectivity index (χ1) is 30.0. The number of carbonyl (C=O) groups is 3. The first kappa shape index (κ1) is 57.6. The number of ether oxygens (including phenoxy) is 3. The van der Waals surface area contributed by atoms with Gasteiger partial charge in [-0.15, -0.1) is 0 Å². The summed E-state index contributed by atoms with van der Waals surface area (Å²) in [6, 6.07) is 0. The number of esters is 3. The van der Waals surface area contributed by atoms with Gasteiger partial charge >= 0.3 is 17.9 Å². The van der Waals surface area contributed by atoms with Crippen LogP contribution >= 0.6 is 0 Å². The Morgan fingerprint density at radius 3 is 1.00 bits per heavy atom. The highest BCUT2D eigenvalue weighted by Crippen LogP contribution is 2.14. The molecule has 1 unspecified atom stereocenters. The Bertz CT molecular complexity index is 1200. The summed E-state index contributed by atoms with van der Waals surface area (Å²) in [5.74, 6) is -0.908. The van der Waals surface area contributed by atoms with Gasteiger partial charge in [0.05, 0.1) is 0 Å². The summed E-state index contributed by atoms with van der Waals surface area (Å²) in [7, 11) is 0. The minimum atomic E-state index is -0.769. The van der Waals surface area contributed by atoms with Crippen molar-refractivity contribution in [3.05, 3.63) is 85.1 Å². The van der Waals surface area contributed by atoms with Crippen molar-refractivity contribution in [1.29, 1.82) is 0 Å². The van der Waals surface area contributed by atoms with Crippen LogP contribution in [0.3, 0.4) is 0 Å². The SMILES string of the molecule is CC/C=C\C/C=C\C/C=C\C/C=C\C/C=C\C/C=C\C/C=C\CCCCCCCCCCCC(=O)OCC(COC(=O)CCCCCCCC)OC(=O)CCCCCCCC. The van der Waals surface area contributed by atoms with Gasteiger partial charge < -0.3 is 14.2 Å². The van der Waals surface area contributed by atoms with E-state index in [0.717, 1.165) is 109 Å². The van der Waals surface area contributed by atoms with Crippen molar-refractivity contribution in [3.63, 3.8) is 0 Å². The Balaban J connectivity index is 3.96. The van der Waals surface area contributed by atoms with E-state index in [1.54, 1.807) is 0 Å². The second kappa shape index (κ2) is 49.2. The molecule has 0 fully saturated rings. The van der Waals surface area contributed by atoms with Crippen molar-refractivity contribution >= 4 is 17.9 Å². The Morgan fingerprint density at radius 2 is 0.639 bits per heavy atom.